The van der Waals surface area contributed by atoms with Crippen molar-refractivity contribution in [2.45, 2.75) is 44.2 Å². The van der Waals surface area contributed by atoms with Crippen LogP contribution in [0.4, 0.5) is 0 Å². The van der Waals surface area contributed by atoms with Crippen molar-refractivity contribution in [2.24, 2.45) is 5.73 Å². The van der Waals surface area contributed by atoms with Crippen molar-refractivity contribution < 1.29 is 4.79 Å². The smallest absolute Gasteiger partial charge is 0.233 e. The highest BCUT2D eigenvalue weighted by atomic mass is 16.1. The minimum atomic E-state index is -0.0201. The maximum absolute atomic E-state index is 11.1. The minimum absolute atomic E-state index is 0.0201. The second-order valence-corrected chi connectivity index (χ2v) is 4.69. The van der Waals surface area contributed by atoms with Crippen LogP contribution in [0, 0.1) is 0 Å². The Kier molecular flexibility index (Phi) is 3.59. The predicted octanol–water partition coefficient (Wildman–Crippen LogP) is 0.0782. The van der Waals surface area contributed by atoms with Crippen molar-refractivity contribution in [1.29, 1.82) is 0 Å². The van der Waals surface area contributed by atoms with Crippen LogP contribution < -0.4 is 11.1 Å². The Labute approximate surface area is 91.2 Å². The standard InChI is InChI=1S/C11H21N3O/c12-7-11(15)13-9-5-6-14(8-9)10-3-1-2-4-10/h9-10H,1-8,12H2,(H,13,15). The van der Waals surface area contributed by atoms with Gasteiger partial charge >= 0.3 is 0 Å². The fourth-order valence-electron chi connectivity index (χ4n) is 2.79. The number of likely N-dealkylation sites (tertiary alicyclic amines) is 1. The zero-order chi connectivity index (χ0) is 10.7. The molecule has 1 saturated heterocycles. The molecule has 1 amide bonds. The lowest BCUT2D eigenvalue weighted by Crippen LogP contribution is -2.41. The van der Waals surface area contributed by atoms with E-state index in [4.69, 9.17) is 5.73 Å². The summed E-state index contributed by atoms with van der Waals surface area (Å²) in [5, 5.41) is 2.98. The molecule has 1 saturated carbocycles. The second-order valence-electron chi connectivity index (χ2n) is 4.69. The lowest BCUT2D eigenvalue weighted by molar-refractivity contribution is -0.120. The molecule has 0 aromatic rings. The average Bonchev–Trinajstić information content (AvgIpc) is 2.85. The van der Waals surface area contributed by atoms with Gasteiger partial charge in [0.1, 0.15) is 0 Å². The number of amides is 1. The van der Waals surface area contributed by atoms with Crippen LogP contribution in [0.3, 0.4) is 0 Å². The molecular weight excluding hydrogens is 190 g/mol. The number of hydrogen-bond acceptors (Lipinski definition) is 3. The van der Waals surface area contributed by atoms with Crippen molar-refractivity contribution in [3.8, 4) is 0 Å². The summed E-state index contributed by atoms with van der Waals surface area (Å²) in [6, 6.07) is 1.12. The quantitative estimate of drug-likeness (QED) is 0.695. The van der Waals surface area contributed by atoms with Crippen LogP contribution in [0.5, 0.6) is 0 Å². The van der Waals surface area contributed by atoms with Gasteiger partial charge in [0.15, 0.2) is 0 Å². The van der Waals surface area contributed by atoms with Crippen LogP contribution in [0.15, 0.2) is 0 Å². The van der Waals surface area contributed by atoms with Crippen LogP contribution in [0.1, 0.15) is 32.1 Å². The minimum Gasteiger partial charge on any atom is -0.351 e. The molecule has 0 spiro atoms. The summed E-state index contributed by atoms with van der Waals surface area (Å²) in [6.07, 6.45) is 6.53. The van der Waals surface area contributed by atoms with Gasteiger partial charge in [-0.25, -0.2) is 0 Å². The third kappa shape index (κ3) is 2.69. The highest BCUT2D eigenvalue weighted by Gasteiger charge is 2.30. The molecule has 1 unspecified atom stereocenters. The van der Waals surface area contributed by atoms with Crippen LogP contribution in [-0.2, 0) is 4.79 Å². The highest BCUT2D eigenvalue weighted by molar-refractivity contribution is 5.78. The van der Waals surface area contributed by atoms with E-state index in [0.29, 0.717) is 6.04 Å². The summed E-state index contributed by atoms with van der Waals surface area (Å²) >= 11 is 0. The maximum Gasteiger partial charge on any atom is 0.233 e. The van der Waals surface area contributed by atoms with Gasteiger partial charge < -0.3 is 11.1 Å². The van der Waals surface area contributed by atoms with Gasteiger partial charge in [0, 0.05) is 25.2 Å². The first-order valence-electron chi connectivity index (χ1n) is 6.03. The van der Waals surface area contributed by atoms with Gasteiger partial charge in [0.25, 0.3) is 0 Å². The fourth-order valence-corrected chi connectivity index (χ4v) is 2.79. The molecule has 0 bridgehead atoms. The fraction of sp³-hybridized carbons (Fsp3) is 0.909. The van der Waals surface area contributed by atoms with Crippen LogP contribution in [0.25, 0.3) is 0 Å². The largest absolute Gasteiger partial charge is 0.351 e. The number of carbonyl (C=O) groups is 1. The topological polar surface area (TPSA) is 58.4 Å². The van der Waals surface area contributed by atoms with E-state index in [2.05, 4.69) is 10.2 Å². The molecule has 2 aliphatic rings. The van der Waals surface area contributed by atoms with E-state index in [1.54, 1.807) is 0 Å². The van der Waals surface area contributed by atoms with Gasteiger partial charge in [0.05, 0.1) is 6.54 Å². The van der Waals surface area contributed by atoms with E-state index >= 15 is 0 Å². The lowest BCUT2D eigenvalue weighted by Gasteiger charge is -2.23. The van der Waals surface area contributed by atoms with Gasteiger partial charge in [-0.3, -0.25) is 9.69 Å². The summed E-state index contributed by atoms with van der Waals surface area (Å²) in [6.45, 7) is 2.27. The summed E-state index contributed by atoms with van der Waals surface area (Å²) in [5.74, 6) is -0.0201. The Balaban J connectivity index is 1.76. The SMILES string of the molecule is NCC(=O)NC1CCN(C2CCCC2)C1. The lowest BCUT2D eigenvalue weighted by atomic mass is 10.2. The van der Waals surface area contributed by atoms with Crippen LogP contribution in [0.2, 0.25) is 0 Å². The Hall–Kier alpha value is -0.610. The first-order valence-corrected chi connectivity index (χ1v) is 6.03. The average molecular weight is 211 g/mol. The predicted molar refractivity (Wildman–Crippen MR) is 59.4 cm³/mol. The summed E-state index contributed by atoms with van der Waals surface area (Å²) in [7, 11) is 0. The maximum atomic E-state index is 11.1. The summed E-state index contributed by atoms with van der Waals surface area (Å²) in [4.78, 5) is 13.7. The van der Waals surface area contributed by atoms with Gasteiger partial charge in [-0.1, -0.05) is 12.8 Å². The van der Waals surface area contributed by atoms with E-state index in [1.165, 1.54) is 25.7 Å². The monoisotopic (exact) mass is 211 g/mol. The summed E-state index contributed by atoms with van der Waals surface area (Å²) in [5.41, 5.74) is 5.28. The van der Waals surface area contributed by atoms with Crippen molar-refractivity contribution >= 4 is 5.91 Å². The van der Waals surface area contributed by atoms with Gasteiger partial charge in [-0.2, -0.15) is 0 Å². The zero-order valence-corrected chi connectivity index (χ0v) is 9.24. The van der Waals surface area contributed by atoms with Crippen LogP contribution in [-0.4, -0.2) is 42.5 Å². The second kappa shape index (κ2) is 4.94. The molecule has 1 aliphatic carbocycles. The Morgan fingerprint density at radius 1 is 1.33 bits per heavy atom. The molecule has 0 aromatic heterocycles. The molecule has 1 atom stereocenters. The molecule has 0 radical (unpaired) electrons. The molecule has 2 rings (SSSR count). The number of carbonyl (C=O) groups excluding carboxylic acids is 1. The molecule has 2 fully saturated rings. The number of rotatable bonds is 3. The van der Waals surface area contributed by atoms with E-state index in [1.807, 2.05) is 0 Å². The molecule has 4 heteroatoms. The van der Waals surface area contributed by atoms with E-state index in [-0.39, 0.29) is 12.5 Å². The third-order valence-corrected chi connectivity index (χ3v) is 3.61. The number of nitrogens with zero attached hydrogens (tertiary/aromatic N) is 1. The van der Waals surface area contributed by atoms with Crippen molar-refractivity contribution in [2.75, 3.05) is 19.6 Å². The molecular formula is C11H21N3O. The van der Waals surface area contributed by atoms with Crippen molar-refractivity contribution in [3.05, 3.63) is 0 Å². The number of hydrogen-bond donors (Lipinski definition) is 2. The van der Waals surface area contributed by atoms with Crippen molar-refractivity contribution in [3.63, 3.8) is 0 Å². The van der Waals surface area contributed by atoms with E-state index < -0.39 is 0 Å². The molecule has 1 heterocycles. The zero-order valence-electron chi connectivity index (χ0n) is 9.24. The third-order valence-electron chi connectivity index (χ3n) is 3.61. The molecule has 1 aliphatic heterocycles. The van der Waals surface area contributed by atoms with Gasteiger partial charge in [-0.15, -0.1) is 0 Å². The summed E-state index contributed by atoms with van der Waals surface area (Å²) < 4.78 is 0. The number of nitrogens with two attached hydrogens (primary N) is 1. The number of nitrogens with one attached hydrogen (secondary N) is 1. The molecule has 15 heavy (non-hydrogen) atoms. The Morgan fingerprint density at radius 2 is 2.07 bits per heavy atom. The first kappa shape index (κ1) is 10.9. The first-order chi connectivity index (χ1) is 7.29. The molecule has 3 N–H and O–H groups in total. The van der Waals surface area contributed by atoms with Gasteiger partial charge in [-0.05, 0) is 19.3 Å². The van der Waals surface area contributed by atoms with Crippen LogP contribution >= 0.6 is 0 Å². The normalized spacial score (nSPS) is 28.5. The molecule has 0 aromatic carbocycles. The van der Waals surface area contributed by atoms with E-state index in [0.717, 1.165) is 25.6 Å². The van der Waals surface area contributed by atoms with Crippen molar-refractivity contribution in [1.82, 2.24) is 10.2 Å². The van der Waals surface area contributed by atoms with E-state index in [9.17, 15) is 4.79 Å². The molecule has 4 nitrogen and oxygen atoms in total. The molecule has 86 valence electrons. The van der Waals surface area contributed by atoms with Gasteiger partial charge in [0.2, 0.25) is 5.91 Å². The Morgan fingerprint density at radius 3 is 2.73 bits per heavy atom. The Bertz CT molecular complexity index is 226. The highest BCUT2D eigenvalue weighted by Crippen LogP contribution is 2.26.